The molecule has 22 heteroatoms. The Balaban J connectivity index is 1.23. The fourth-order valence-electron chi connectivity index (χ4n) is 9.13. The minimum atomic E-state index is -1.20. The maximum atomic E-state index is 13.4. The molecule has 74 heavy (non-hydrogen) atoms. The van der Waals surface area contributed by atoms with E-state index >= 15 is 0 Å². The molecule has 6 aromatic rings. The molecule has 0 saturated carbocycles. The summed E-state index contributed by atoms with van der Waals surface area (Å²) in [5.74, 6) is 1.03. The summed E-state index contributed by atoms with van der Waals surface area (Å²) in [6.45, 7) is 15.6. The van der Waals surface area contributed by atoms with Gasteiger partial charge >= 0.3 is 11.9 Å². The fraction of sp³-hybridized carbons (Fsp3) is 0.423. The number of nitrogens with two attached hydrogens (primary N) is 1. The molecular weight excluding hydrogens is 961 g/mol. The summed E-state index contributed by atoms with van der Waals surface area (Å²) in [6, 6.07) is 10.1. The number of aryl methyl sites for hydroxylation is 3. The van der Waals surface area contributed by atoms with Crippen molar-refractivity contribution < 1.29 is 67.2 Å². The molecule has 1 amide bonds. The number of carbonyl (C=O) groups is 3. The van der Waals surface area contributed by atoms with Crippen LogP contribution in [0.2, 0.25) is 0 Å². The molecule has 0 atom stereocenters. The molecule has 1 saturated heterocycles. The van der Waals surface area contributed by atoms with Crippen molar-refractivity contribution in [3.05, 3.63) is 104 Å². The largest absolute Gasteiger partial charge is 0.477 e. The lowest BCUT2D eigenvalue weighted by Crippen LogP contribution is -2.36. The molecule has 1 aliphatic rings. The van der Waals surface area contributed by atoms with Crippen LogP contribution >= 0.6 is 0 Å². The summed E-state index contributed by atoms with van der Waals surface area (Å²) < 4.78 is 18.4. The highest BCUT2D eigenvalue weighted by molar-refractivity contribution is 5.98. The number of carbonyl (C=O) groups excluding carboxylic acids is 1. The van der Waals surface area contributed by atoms with Gasteiger partial charge in [-0.05, 0) is 91.3 Å². The zero-order valence-electron chi connectivity index (χ0n) is 43.2. The molecule has 0 aliphatic carbocycles. The Morgan fingerprint density at radius 1 is 0.568 bits per heavy atom. The second kappa shape index (κ2) is 24.7. The average Bonchev–Trinajstić information content (AvgIpc) is 3.97. The van der Waals surface area contributed by atoms with E-state index in [0.29, 0.717) is 161 Å². The molecule has 396 valence electrons. The first kappa shape index (κ1) is 54.6. The van der Waals surface area contributed by atoms with Gasteiger partial charge in [0.25, 0.3) is 11.8 Å². The molecule has 0 bridgehead atoms. The number of aromatic nitrogens is 3. The van der Waals surface area contributed by atoms with Gasteiger partial charge in [0.15, 0.2) is 0 Å². The third kappa shape index (κ3) is 12.9. The Morgan fingerprint density at radius 3 is 1.39 bits per heavy atom. The highest BCUT2D eigenvalue weighted by atomic mass is 17.2. The third-order valence-corrected chi connectivity index (χ3v) is 12.7. The molecule has 1 aliphatic heterocycles. The van der Waals surface area contributed by atoms with Crippen molar-refractivity contribution in [1.29, 1.82) is 0 Å². The van der Waals surface area contributed by atoms with E-state index in [1.54, 1.807) is 40.7 Å². The highest BCUT2D eigenvalue weighted by Crippen LogP contribution is 2.39. The second-order valence-corrected chi connectivity index (χ2v) is 18.0. The summed E-state index contributed by atoms with van der Waals surface area (Å²) in [5.41, 5.74) is 10.9. The van der Waals surface area contributed by atoms with Gasteiger partial charge in [0.2, 0.25) is 11.5 Å². The minimum Gasteiger partial charge on any atom is -0.477 e. The molecule has 7 heterocycles. The summed E-state index contributed by atoms with van der Waals surface area (Å²) in [4.78, 5) is 90.1. The number of unbranched alkanes of at least 4 members (excludes halogenated alkanes) is 1. The second-order valence-electron chi connectivity index (χ2n) is 18.0. The van der Waals surface area contributed by atoms with Crippen molar-refractivity contribution in [2.24, 2.45) is 5.73 Å². The lowest BCUT2D eigenvalue weighted by molar-refractivity contribution is -0.181. The predicted octanol–water partition coefficient (Wildman–Crippen LogP) is 7.01. The Hall–Kier alpha value is -7.18. The van der Waals surface area contributed by atoms with E-state index in [0.717, 1.165) is 12.8 Å². The number of amides is 1. The normalized spacial score (nSPS) is 13.9. The van der Waals surface area contributed by atoms with Crippen LogP contribution < -0.4 is 25.7 Å². The summed E-state index contributed by atoms with van der Waals surface area (Å²) in [5, 5.41) is 23.5. The molecule has 7 rings (SSSR count). The van der Waals surface area contributed by atoms with Gasteiger partial charge in [0.05, 0.1) is 44.0 Å². The lowest BCUT2D eigenvalue weighted by atomic mass is 10.0. The molecule has 22 nitrogen and oxygen atoms in total. The molecule has 1 fully saturated rings. The number of aromatic carboxylic acids is 2. The Morgan fingerprint density at radius 2 is 0.973 bits per heavy atom. The monoisotopic (exact) mass is 1020 g/mol. The van der Waals surface area contributed by atoms with Crippen molar-refractivity contribution in [3.63, 3.8) is 0 Å². The maximum absolute atomic E-state index is 13.4. The number of nitrogens with zero attached hydrogens (tertiary/aromatic N) is 6. The summed E-state index contributed by atoms with van der Waals surface area (Å²) >= 11 is 0. The van der Waals surface area contributed by atoms with Gasteiger partial charge in [0.1, 0.15) is 45.9 Å². The Kier molecular flexibility index (Phi) is 18.2. The average molecular weight is 1030 g/mol. The van der Waals surface area contributed by atoms with Crippen molar-refractivity contribution in [3.8, 4) is 51.4 Å². The van der Waals surface area contributed by atoms with E-state index in [9.17, 15) is 24.6 Å². The number of hydrogen-bond donors (Lipinski definition) is 4. The van der Waals surface area contributed by atoms with Gasteiger partial charge in [-0.25, -0.2) is 24.5 Å². The number of carboxylic acids is 2. The van der Waals surface area contributed by atoms with Crippen LogP contribution in [0, 0.1) is 41.5 Å². The number of pyridine rings is 3. The molecule has 0 spiro atoms. The van der Waals surface area contributed by atoms with E-state index in [-0.39, 0.29) is 36.3 Å². The minimum absolute atomic E-state index is 0.159. The van der Waals surface area contributed by atoms with Crippen LogP contribution in [-0.2, 0) is 34.3 Å². The standard InChI is InChI=1S/C52H64N8O14/c1-29-44(50(61)54-13-11-10-12-53)32(4)69-47(29)37-22-40(57-43(25-37)72-66-7)28-60-18-16-58(26-38-20-35(23-41(55-38)51(62)63)48-30(2)45(73-67-8)33(5)70-48)14-15-59(17-19-60)27-39-21-36(24-42(56-39)52(64)65)49-31(3)46(74-68-9)34(6)71-49/h20-25H,10-19,26-28,53H2,1-9H3,(H,54,61)(H,62,63)(H,64,65). The molecule has 0 aromatic carbocycles. The number of rotatable bonds is 22. The third-order valence-electron chi connectivity index (χ3n) is 12.7. The first-order chi connectivity index (χ1) is 35.5. The van der Waals surface area contributed by atoms with Crippen LogP contribution in [0.1, 0.15) is 95.2 Å². The van der Waals surface area contributed by atoms with E-state index in [1.165, 1.54) is 33.5 Å². The van der Waals surface area contributed by atoms with Crippen molar-refractivity contribution in [2.75, 3.05) is 73.7 Å². The summed E-state index contributed by atoms with van der Waals surface area (Å²) in [7, 11) is 4.16. The van der Waals surface area contributed by atoms with Crippen LogP contribution in [-0.4, -0.2) is 131 Å². The molecule has 5 N–H and O–H groups in total. The highest BCUT2D eigenvalue weighted by Gasteiger charge is 2.27. The Bertz CT molecular complexity index is 2830. The quantitative estimate of drug-likeness (QED) is 0.0302. The van der Waals surface area contributed by atoms with E-state index in [2.05, 4.69) is 30.0 Å². The predicted molar refractivity (Wildman–Crippen MR) is 268 cm³/mol. The van der Waals surface area contributed by atoms with Gasteiger partial charge in [-0.2, -0.15) is 14.7 Å². The van der Waals surface area contributed by atoms with Crippen LogP contribution in [0.4, 0.5) is 0 Å². The van der Waals surface area contributed by atoms with Gasteiger partial charge < -0.3 is 49.2 Å². The SMILES string of the molecule is COOc1cc(-c2oc(C)c(C(=O)NCCCCN)c2C)cc(CN2CCN(Cc3cc(-c4oc(C)c(OOC)c4C)cc(C(=O)O)n3)CCN(Cc3cc(-c4oc(C)c(OOC)c4C)cc(C(=O)O)n3)CC2)n1. The van der Waals surface area contributed by atoms with Crippen LogP contribution in [0.5, 0.6) is 17.4 Å². The number of nitrogens with one attached hydrogen (secondary N) is 1. The van der Waals surface area contributed by atoms with Crippen LogP contribution in [0.25, 0.3) is 34.0 Å². The first-order valence-corrected chi connectivity index (χ1v) is 24.1. The van der Waals surface area contributed by atoms with Gasteiger partial charge in [-0.15, -0.1) is 0 Å². The van der Waals surface area contributed by atoms with E-state index in [4.69, 9.17) is 53.3 Å². The van der Waals surface area contributed by atoms with Crippen molar-refractivity contribution in [2.45, 2.75) is 74.0 Å². The Labute approximate surface area is 428 Å². The fourth-order valence-corrected chi connectivity index (χ4v) is 9.13. The number of furan rings is 3. The van der Waals surface area contributed by atoms with Gasteiger partial charge in [-0.3, -0.25) is 19.5 Å². The zero-order chi connectivity index (χ0) is 53.2. The number of hydrogen-bond acceptors (Lipinski definition) is 19. The van der Waals surface area contributed by atoms with Crippen molar-refractivity contribution >= 4 is 17.8 Å². The number of carboxylic acid groups (broad SMARTS) is 2. The smallest absolute Gasteiger partial charge is 0.354 e. The molecular formula is C52H64N8O14. The summed E-state index contributed by atoms with van der Waals surface area (Å²) in [6.07, 6.45) is 1.55. The van der Waals surface area contributed by atoms with E-state index < -0.39 is 11.9 Å². The molecule has 0 unspecified atom stereocenters. The molecule has 6 aromatic heterocycles. The van der Waals surface area contributed by atoms with Crippen LogP contribution in [0.15, 0.2) is 49.6 Å². The van der Waals surface area contributed by atoms with E-state index in [1.807, 2.05) is 25.1 Å². The zero-order valence-corrected chi connectivity index (χ0v) is 43.2. The molecule has 0 radical (unpaired) electrons. The lowest BCUT2D eigenvalue weighted by Gasteiger charge is -2.25. The van der Waals surface area contributed by atoms with Gasteiger partial charge in [0, 0.05) is 105 Å². The van der Waals surface area contributed by atoms with Crippen molar-refractivity contribution in [1.82, 2.24) is 35.0 Å². The first-order valence-electron chi connectivity index (χ1n) is 24.1. The topological polar surface area (TPSA) is 273 Å². The van der Waals surface area contributed by atoms with Gasteiger partial charge in [-0.1, -0.05) is 0 Å². The van der Waals surface area contributed by atoms with Crippen LogP contribution in [0.3, 0.4) is 0 Å². The maximum Gasteiger partial charge on any atom is 0.354 e.